The summed E-state index contributed by atoms with van der Waals surface area (Å²) in [5, 5.41) is 5.87. The van der Waals surface area contributed by atoms with E-state index in [9.17, 15) is 4.79 Å². The molecule has 1 aliphatic heterocycles. The molecule has 2 N–H and O–H groups in total. The standard InChI is InChI=1S/C10H15N5O/c1-11-10(16)8-6-12-4-5-15(8)9-2-3-13-7-14-9/h2-3,7-8,12H,4-6H2,1H3,(H,11,16). The lowest BCUT2D eigenvalue weighted by molar-refractivity contribution is -0.122. The molecule has 0 saturated carbocycles. The Morgan fingerprint density at radius 3 is 3.25 bits per heavy atom. The molecule has 0 aromatic carbocycles. The van der Waals surface area contributed by atoms with Crippen LogP contribution in [0.1, 0.15) is 0 Å². The Balaban J connectivity index is 2.20. The Morgan fingerprint density at radius 2 is 2.56 bits per heavy atom. The fourth-order valence-corrected chi connectivity index (χ4v) is 1.83. The van der Waals surface area contributed by atoms with Gasteiger partial charge in [-0.05, 0) is 6.07 Å². The summed E-state index contributed by atoms with van der Waals surface area (Å²) in [6.45, 7) is 2.27. The number of amides is 1. The third-order valence-corrected chi connectivity index (χ3v) is 2.65. The highest BCUT2D eigenvalue weighted by Crippen LogP contribution is 2.14. The molecule has 1 atom stereocenters. The van der Waals surface area contributed by atoms with Crippen molar-refractivity contribution < 1.29 is 4.79 Å². The molecule has 1 saturated heterocycles. The average Bonchev–Trinajstić information content (AvgIpc) is 2.39. The Labute approximate surface area is 94.1 Å². The van der Waals surface area contributed by atoms with Crippen molar-refractivity contribution in [3.63, 3.8) is 0 Å². The van der Waals surface area contributed by atoms with Crippen molar-refractivity contribution in [2.45, 2.75) is 6.04 Å². The Kier molecular flexibility index (Phi) is 3.31. The molecule has 1 fully saturated rings. The van der Waals surface area contributed by atoms with E-state index in [4.69, 9.17) is 0 Å². The average molecular weight is 221 g/mol. The van der Waals surface area contributed by atoms with Crippen LogP contribution < -0.4 is 15.5 Å². The van der Waals surface area contributed by atoms with Gasteiger partial charge >= 0.3 is 0 Å². The minimum absolute atomic E-state index is 0.00538. The van der Waals surface area contributed by atoms with E-state index in [2.05, 4.69) is 20.6 Å². The summed E-state index contributed by atoms with van der Waals surface area (Å²) in [4.78, 5) is 21.8. The molecule has 6 nitrogen and oxygen atoms in total. The van der Waals surface area contributed by atoms with Crippen molar-refractivity contribution in [3.8, 4) is 0 Å². The van der Waals surface area contributed by atoms with Crippen molar-refractivity contribution in [3.05, 3.63) is 18.6 Å². The number of rotatable bonds is 2. The molecular formula is C10H15N5O. The van der Waals surface area contributed by atoms with Crippen molar-refractivity contribution in [2.75, 3.05) is 31.6 Å². The topological polar surface area (TPSA) is 70.2 Å². The minimum atomic E-state index is -0.200. The highest BCUT2D eigenvalue weighted by Gasteiger charge is 2.28. The van der Waals surface area contributed by atoms with Gasteiger partial charge in [-0.3, -0.25) is 4.79 Å². The lowest BCUT2D eigenvalue weighted by atomic mass is 10.2. The van der Waals surface area contributed by atoms with Crippen LogP contribution >= 0.6 is 0 Å². The summed E-state index contributed by atoms with van der Waals surface area (Å²) in [5.74, 6) is 0.802. The first kappa shape index (κ1) is 10.8. The second-order valence-corrected chi connectivity index (χ2v) is 3.60. The molecule has 0 spiro atoms. The number of nitrogens with zero attached hydrogens (tertiary/aromatic N) is 3. The maximum Gasteiger partial charge on any atom is 0.243 e. The van der Waals surface area contributed by atoms with Crippen LogP contribution in [-0.2, 0) is 4.79 Å². The molecule has 1 aliphatic rings. The highest BCUT2D eigenvalue weighted by molar-refractivity contribution is 5.85. The van der Waals surface area contributed by atoms with Crippen LogP contribution in [0.5, 0.6) is 0 Å². The number of carbonyl (C=O) groups is 1. The molecule has 0 bridgehead atoms. The molecular weight excluding hydrogens is 206 g/mol. The number of hydrogen-bond acceptors (Lipinski definition) is 5. The fourth-order valence-electron chi connectivity index (χ4n) is 1.83. The van der Waals surface area contributed by atoms with Crippen molar-refractivity contribution in [1.29, 1.82) is 0 Å². The van der Waals surface area contributed by atoms with Gasteiger partial charge in [0.2, 0.25) is 5.91 Å². The molecule has 86 valence electrons. The monoisotopic (exact) mass is 221 g/mol. The molecule has 2 rings (SSSR count). The maximum atomic E-state index is 11.7. The second kappa shape index (κ2) is 4.89. The predicted octanol–water partition coefficient (Wildman–Crippen LogP) is -0.999. The van der Waals surface area contributed by atoms with Gasteiger partial charge in [0, 0.05) is 32.9 Å². The number of hydrogen-bond donors (Lipinski definition) is 2. The van der Waals surface area contributed by atoms with E-state index in [-0.39, 0.29) is 11.9 Å². The fraction of sp³-hybridized carbons (Fsp3) is 0.500. The number of carbonyl (C=O) groups excluding carboxylic acids is 1. The van der Waals surface area contributed by atoms with Gasteiger partial charge in [-0.25, -0.2) is 9.97 Å². The van der Waals surface area contributed by atoms with Gasteiger partial charge in [-0.15, -0.1) is 0 Å². The van der Waals surface area contributed by atoms with E-state index in [0.717, 1.165) is 18.9 Å². The molecule has 16 heavy (non-hydrogen) atoms. The van der Waals surface area contributed by atoms with Crippen LogP contribution in [0.4, 0.5) is 5.82 Å². The molecule has 1 unspecified atom stereocenters. The predicted molar refractivity (Wildman–Crippen MR) is 60.1 cm³/mol. The van der Waals surface area contributed by atoms with Gasteiger partial charge in [0.05, 0.1) is 0 Å². The van der Waals surface area contributed by atoms with Crippen molar-refractivity contribution in [1.82, 2.24) is 20.6 Å². The van der Waals surface area contributed by atoms with E-state index in [0.29, 0.717) is 6.54 Å². The van der Waals surface area contributed by atoms with Gasteiger partial charge in [0.15, 0.2) is 0 Å². The van der Waals surface area contributed by atoms with Gasteiger partial charge in [0.25, 0.3) is 0 Å². The molecule has 1 aromatic heterocycles. The number of aromatic nitrogens is 2. The van der Waals surface area contributed by atoms with Crippen LogP contribution in [0.25, 0.3) is 0 Å². The zero-order valence-corrected chi connectivity index (χ0v) is 9.18. The highest BCUT2D eigenvalue weighted by atomic mass is 16.2. The van der Waals surface area contributed by atoms with Crippen LogP contribution in [0.3, 0.4) is 0 Å². The summed E-state index contributed by atoms with van der Waals surface area (Å²) in [6, 6.07) is 1.62. The third-order valence-electron chi connectivity index (χ3n) is 2.65. The van der Waals surface area contributed by atoms with E-state index in [1.807, 2.05) is 11.0 Å². The Bertz CT molecular complexity index is 355. The Morgan fingerprint density at radius 1 is 1.69 bits per heavy atom. The molecule has 1 amide bonds. The summed E-state index contributed by atoms with van der Waals surface area (Å²) in [7, 11) is 1.65. The van der Waals surface area contributed by atoms with E-state index >= 15 is 0 Å². The van der Waals surface area contributed by atoms with Gasteiger partial charge in [-0.2, -0.15) is 0 Å². The summed E-state index contributed by atoms with van der Waals surface area (Å²) < 4.78 is 0. The van der Waals surface area contributed by atoms with Crippen LogP contribution in [0.15, 0.2) is 18.6 Å². The maximum absolute atomic E-state index is 11.7. The molecule has 0 aliphatic carbocycles. The van der Waals surface area contributed by atoms with Gasteiger partial charge < -0.3 is 15.5 Å². The van der Waals surface area contributed by atoms with Crippen molar-refractivity contribution in [2.24, 2.45) is 0 Å². The first-order valence-corrected chi connectivity index (χ1v) is 5.28. The normalized spacial score (nSPS) is 20.6. The van der Waals surface area contributed by atoms with Crippen LogP contribution in [-0.4, -0.2) is 48.6 Å². The van der Waals surface area contributed by atoms with Gasteiger partial charge in [-0.1, -0.05) is 0 Å². The zero-order chi connectivity index (χ0) is 11.4. The second-order valence-electron chi connectivity index (χ2n) is 3.60. The number of piperazine rings is 1. The molecule has 6 heteroatoms. The summed E-state index contributed by atoms with van der Waals surface area (Å²) >= 11 is 0. The van der Waals surface area contributed by atoms with E-state index in [1.165, 1.54) is 6.33 Å². The number of anilines is 1. The number of nitrogens with one attached hydrogen (secondary N) is 2. The first-order valence-electron chi connectivity index (χ1n) is 5.28. The van der Waals surface area contributed by atoms with E-state index in [1.54, 1.807) is 13.2 Å². The van der Waals surface area contributed by atoms with Crippen LogP contribution in [0.2, 0.25) is 0 Å². The number of likely N-dealkylation sites (N-methyl/N-ethyl adjacent to an activating group) is 1. The first-order chi connectivity index (χ1) is 7.83. The zero-order valence-electron chi connectivity index (χ0n) is 9.18. The molecule has 0 radical (unpaired) electrons. The molecule has 2 heterocycles. The van der Waals surface area contributed by atoms with Crippen molar-refractivity contribution >= 4 is 11.7 Å². The van der Waals surface area contributed by atoms with E-state index < -0.39 is 0 Å². The quantitative estimate of drug-likeness (QED) is 0.670. The third kappa shape index (κ3) is 2.11. The summed E-state index contributed by atoms with van der Waals surface area (Å²) in [5.41, 5.74) is 0. The Hall–Kier alpha value is -1.69. The lowest BCUT2D eigenvalue weighted by Crippen LogP contribution is -2.57. The smallest absolute Gasteiger partial charge is 0.243 e. The minimum Gasteiger partial charge on any atom is -0.357 e. The van der Waals surface area contributed by atoms with Gasteiger partial charge in [0.1, 0.15) is 18.2 Å². The van der Waals surface area contributed by atoms with Crippen LogP contribution in [0, 0.1) is 0 Å². The lowest BCUT2D eigenvalue weighted by Gasteiger charge is -2.35. The summed E-state index contributed by atoms with van der Waals surface area (Å²) in [6.07, 6.45) is 3.18. The molecule has 1 aromatic rings. The SMILES string of the molecule is CNC(=O)C1CNCCN1c1ccncn1. The largest absolute Gasteiger partial charge is 0.357 e.